The van der Waals surface area contributed by atoms with E-state index in [1.807, 2.05) is 19.3 Å². The maximum absolute atomic E-state index is 12.6. The first-order chi connectivity index (χ1) is 13.0. The molecule has 1 aromatic heterocycles. The lowest BCUT2D eigenvalue weighted by Crippen LogP contribution is -2.48. The molecule has 0 aliphatic carbocycles. The zero-order chi connectivity index (χ0) is 19.4. The van der Waals surface area contributed by atoms with Gasteiger partial charge in [-0.2, -0.15) is 0 Å². The molecule has 3 rings (SSSR count). The van der Waals surface area contributed by atoms with Crippen LogP contribution in [0.3, 0.4) is 0 Å². The summed E-state index contributed by atoms with van der Waals surface area (Å²) >= 11 is 0. The Kier molecular flexibility index (Phi) is 5.88. The lowest BCUT2D eigenvalue weighted by atomic mass is 10.1. The number of aryl methyl sites for hydroxylation is 1. The van der Waals surface area contributed by atoms with E-state index in [2.05, 4.69) is 32.8 Å². The summed E-state index contributed by atoms with van der Waals surface area (Å²) < 4.78 is 2.06. The highest BCUT2D eigenvalue weighted by molar-refractivity contribution is 5.98. The van der Waals surface area contributed by atoms with Gasteiger partial charge in [0.25, 0.3) is 11.6 Å². The number of carbonyl (C=O) groups excluding carboxylic acids is 1. The van der Waals surface area contributed by atoms with Crippen LogP contribution in [0.1, 0.15) is 22.1 Å². The van der Waals surface area contributed by atoms with Gasteiger partial charge < -0.3 is 14.8 Å². The van der Waals surface area contributed by atoms with Crippen molar-refractivity contribution in [2.75, 3.05) is 39.8 Å². The summed E-state index contributed by atoms with van der Waals surface area (Å²) in [4.78, 5) is 27.9. The Balaban J connectivity index is 1.76. The number of benzene rings is 1. The standard InChI is InChI=1S/C19H25N5O3/c1-21-10-12-23(13-11-21)18(17-8-5-9-22(17)2)14-20-19(25)15-6-3-4-7-16(15)24(26)27/h3-9,18H,10-14H2,1-2H3,(H,20,25). The van der Waals surface area contributed by atoms with E-state index in [0.29, 0.717) is 6.54 Å². The van der Waals surface area contributed by atoms with Gasteiger partial charge in [0.1, 0.15) is 5.56 Å². The minimum atomic E-state index is -0.524. The van der Waals surface area contributed by atoms with E-state index in [1.54, 1.807) is 12.1 Å². The summed E-state index contributed by atoms with van der Waals surface area (Å²) in [5.74, 6) is -0.421. The van der Waals surface area contributed by atoms with Crippen molar-refractivity contribution in [2.45, 2.75) is 6.04 Å². The van der Waals surface area contributed by atoms with Crippen LogP contribution in [0, 0.1) is 10.1 Å². The fourth-order valence-electron chi connectivity index (χ4n) is 3.48. The van der Waals surface area contributed by atoms with Gasteiger partial charge in [-0.15, -0.1) is 0 Å². The second kappa shape index (κ2) is 8.32. The molecule has 0 saturated carbocycles. The lowest BCUT2D eigenvalue weighted by Gasteiger charge is -2.38. The van der Waals surface area contributed by atoms with E-state index in [-0.39, 0.29) is 17.3 Å². The molecule has 144 valence electrons. The van der Waals surface area contributed by atoms with Crippen molar-refractivity contribution in [3.8, 4) is 0 Å². The van der Waals surface area contributed by atoms with E-state index < -0.39 is 10.8 Å². The number of piperazine rings is 1. The van der Waals surface area contributed by atoms with Crippen LogP contribution in [0.25, 0.3) is 0 Å². The molecular formula is C19H25N5O3. The molecule has 2 heterocycles. The van der Waals surface area contributed by atoms with Crippen molar-refractivity contribution in [1.29, 1.82) is 0 Å². The van der Waals surface area contributed by atoms with Gasteiger partial charge in [-0.1, -0.05) is 12.1 Å². The third kappa shape index (κ3) is 4.35. The van der Waals surface area contributed by atoms with Crippen molar-refractivity contribution >= 4 is 11.6 Å². The highest BCUT2D eigenvalue weighted by Gasteiger charge is 2.27. The summed E-state index contributed by atoms with van der Waals surface area (Å²) in [6, 6.07) is 10.1. The van der Waals surface area contributed by atoms with E-state index in [4.69, 9.17) is 0 Å². The number of nitrogens with one attached hydrogen (secondary N) is 1. The lowest BCUT2D eigenvalue weighted by molar-refractivity contribution is -0.385. The van der Waals surface area contributed by atoms with Crippen LogP contribution in [-0.4, -0.2) is 65.0 Å². The molecule has 1 fully saturated rings. The third-order valence-corrected chi connectivity index (χ3v) is 5.11. The Labute approximate surface area is 158 Å². The third-order valence-electron chi connectivity index (χ3n) is 5.11. The van der Waals surface area contributed by atoms with Gasteiger partial charge in [-0.05, 0) is 25.2 Å². The minimum Gasteiger partial charge on any atom is -0.353 e. The van der Waals surface area contributed by atoms with Gasteiger partial charge in [-0.3, -0.25) is 19.8 Å². The van der Waals surface area contributed by atoms with Crippen LogP contribution in [-0.2, 0) is 7.05 Å². The molecule has 1 atom stereocenters. The largest absolute Gasteiger partial charge is 0.353 e. The SMILES string of the molecule is CN1CCN(C(CNC(=O)c2ccccc2[N+](=O)[O-])c2cccn2C)CC1. The van der Waals surface area contributed by atoms with Gasteiger partial charge in [-0.25, -0.2) is 0 Å². The monoisotopic (exact) mass is 371 g/mol. The van der Waals surface area contributed by atoms with Crippen LogP contribution in [0.5, 0.6) is 0 Å². The number of nitro benzene ring substituents is 1. The number of rotatable bonds is 6. The molecule has 1 amide bonds. The molecule has 1 aliphatic heterocycles. The number of amides is 1. The Morgan fingerprint density at radius 3 is 2.48 bits per heavy atom. The van der Waals surface area contributed by atoms with Crippen molar-refractivity contribution in [3.63, 3.8) is 0 Å². The summed E-state index contributed by atoms with van der Waals surface area (Å²) in [7, 11) is 4.09. The molecule has 0 bridgehead atoms. The summed E-state index contributed by atoms with van der Waals surface area (Å²) in [5.41, 5.74) is 1.03. The highest BCUT2D eigenvalue weighted by Crippen LogP contribution is 2.23. The second-order valence-electron chi connectivity index (χ2n) is 6.88. The number of aromatic nitrogens is 1. The van der Waals surface area contributed by atoms with Crippen LogP contribution in [0.4, 0.5) is 5.69 Å². The van der Waals surface area contributed by atoms with Crippen molar-refractivity contribution in [3.05, 3.63) is 64.0 Å². The molecule has 8 heteroatoms. The fraction of sp³-hybridized carbons (Fsp3) is 0.421. The van der Waals surface area contributed by atoms with Crippen LogP contribution < -0.4 is 5.32 Å². The molecule has 8 nitrogen and oxygen atoms in total. The van der Waals surface area contributed by atoms with E-state index in [9.17, 15) is 14.9 Å². The zero-order valence-corrected chi connectivity index (χ0v) is 15.7. The fourth-order valence-corrected chi connectivity index (χ4v) is 3.48. The molecule has 2 aromatic rings. The molecule has 1 unspecified atom stereocenters. The van der Waals surface area contributed by atoms with Gasteiger partial charge in [0.2, 0.25) is 0 Å². The van der Waals surface area contributed by atoms with Crippen molar-refractivity contribution in [1.82, 2.24) is 19.7 Å². The van der Waals surface area contributed by atoms with Gasteiger partial charge in [0, 0.05) is 57.7 Å². The topological polar surface area (TPSA) is 83.7 Å². The van der Waals surface area contributed by atoms with Gasteiger partial charge in [0.15, 0.2) is 0 Å². The minimum absolute atomic E-state index is 0.0189. The first-order valence-corrected chi connectivity index (χ1v) is 9.03. The molecule has 1 saturated heterocycles. The van der Waals surface area contributed by atoms with Crippen LogP contribution in [0.15, 0.2) is 42.6 Å². The normalized spacial score (nSPS) is 16.8. The molecule has 0 spiro atoms. The van der Waals surface area contributed by atoms with Crippen LogP contribution >= 0.6 is 0 Å². The number of hydrogen-bond donors (Lipinski definition) is 1. The predicted octanol–water partition coefficient (Wildman–Crippen LogP) is 1.65. The number of nitro groups is 1. The summed E-state index contributed by atoms with van der Waals surface area (Å²) in [5, 5.41) is 14.1. The van der Waals surface area contributed by atoms with E-state index >= 15 is 0 Å². The quantitative estimate of drug-likeness (QED) is 0.617. The maximum Gasteiger partial charge on any atom is 0.282 e. The van der Waals surface area contributed by atoms with Gasteiger partial charge in [0.05, 0.1) is 11.0 Å². The maximum atomic E-state index is 12.6. The Morgan fingerprint density at radius 1 is 1.15 bits per heavy atom. The molecule has 1 aromatic carbocycles. The van der Waals surface area contributed by atoms with Gasteiger partial charge >= 0.3 is 0 Å². The number of nitrogens with zero attached hydrogens (tertiary/aromatic N) is 4. The first-order valence-electron chi connectivity index (χ1n) is 9.03. The Morgan fingerprint density at radius 2 is 1.85 bits per heavy atom. The van der Waals surface area contributed by atoms with E-state index in [0.717, 1.165) is 31.9 Å². The van der Waals surface area contributed by atoms with Crippen molar-refractivity contribution in [2.24, 2.45) is 7.05 Å². The van der Waals surface area contributed by atoms with E-state index in [1.165, 1.54) is 12.1 Å². The number of para-hydroxylation sites is 1. The summed E-state index contributed by atoms with van der Waals surface area (Å²) in [6.45, 7) is 4.16. The number of carbonyl (C=O) groups is 1. The molecule has 1 N–H and O–H groups in total. The highest BCUT2D eigenvalue weighted by atomic mass is 16.6. The number of hydrogen-bond acceptors (Lipinski definition) is 5. The Bertz CT molecular complexity index is 811. The molecular weight excluding hydrogens is 346 g/mol. The van der Waals surface area contributed by atoms with Crippen LogP contribution in [0.2, 0.25) is 0 Å². The predicted molar refractivity (Wildman–Crippen MR) is 103 cm³/mol. The van der Waals surface area contributed by atoms with Crippen molar-refractivity contribution < 1.29 is 9.72 Å². The second-order valence-corrected chi connectivity index (χ2v) is 6.88. The summed E-state index contributed by atoms with van der Waals surface area (Å²) in [6.07, 6.45) is 1.99. The average Bonchev–Trinajstić information content (AvgIpc) is 3.09. The Hall–Kier alpha value is -2.71. The molecule has 27 heavy (non-hydrogen) atoms. The molecule has 1 aliphatic rings. The number of likely N-dealkylation sites (N-methyl/N-ethyl adjacent to an activating group) is 1. The first kappa shape index (κ1) is 19.1. The smallest absolute Gasteiger partial charge is 0.282 e. The average molecular weight is 371 g/mol. The molecule has 0 radical (unpaired) electrons. The zero-order valence-electron chi connectivity index (χ0n) is 15.7.